The van der Waals surface area contributed by atoms with Crippen LogP contribution in [0.2, 0.25) is 0 Å². The minimum Gasteiger partial charge on any atom is -0.329 e. The molecule has 3 N–H and O–H groups in total. The van der Waals surface area contributed by atoms with E-state index in [2.05, 4.69) is 39.7 Å². The molecule has 0 bridgehead atoms. The number of likely N-dealkylation sites (tertiary alicyclic amines) is 1. The normalized spacial score (nSPS) is 22.4. The smallest absolute Gasteiger partial charge is 0.238 e. The van der Waals surface area contributed by atoms with E-state index in [4.69, 9.17) is 5.73 Å². The van der Waals surface area contributed by atoms with Crippen LogP contribution in [0.1, 0.15) is 19.8 Å². The topological polar surface area (TPSA) is 58.4 Å². The van der Waals surface area contributed by atoms with Gasteiger partial charge < -0.3 is 11.1 Å². The number of halogens is 2. The molecule has 0 spiro atoms. The third kappa shape index (κ3) is 5.39. The van der Waals surface area contributed by atoms with Crippen LogP contribution in [0, 0.1) is 9.49 Å². The number of piperidine rings is 1. The fourth-order valence-electron chi connectivity index (χ4n) is 2.86. The van der Waals surface area contributed by atoms with Crippen molar-refractivity contribution in [3.63, 3.8) is 0 Å². The van der Waals surface area contributed by atoms with Crippen molar-refractivity contribution in [3.05, 3.63) is 27.8 Å². The van der Waals surface area contributed by atoms with Crippen LogP contribution in [0.25, 0.3) is 0 Å². The summed E-state index contributed by atoms with van der Waals surface area (Å²) in [5.74, 6) is 0.610. The van der Waals surface area contributed by atoms with Gasteiger partial charge in [-0.1, -0.05) is 13.0 Å². The molecule has 1 amide bonds. The zero-order chi connectivity index (χ0) is 14.5. The highest BCUT2D eigenvalue weighted by molar-refractivity contribution is 14.1. The van der Waals surface area contributed by atoms with E-state index in [0.29, 0.717) is 25.0 Å². The van der Waals surface area contributed by atoms with Gasteiger partial charge in [-0.25, -0.2) is 0 Å². The van der Waals surface area contributed by atoms with Gasteiger partial charge >= 0.3 is 0 Å². The fourth-order valence-corrected chi connectivity index (χ4v) is 3.41. The Morgan fingerprint density at radius 1 is 1.52 bits per heavy atom. The lowest BCUT2D eigenvalue weighted by Crippen LogP contribution is -2.51. The third-order valence-electron chi connectivity index (χ3n) is 3.93. The third-order valence-corrected chi connectivity index (χ3v) is 4.60. The van der Waals surface area contributed by atoms with Crippen LogP contribution in [0.4, 0.5) is 5.69 Å². The van der Waals surface area contributed by atoms with Crippen LogP contribution in [-0.4, -0.2) is 36.5 Å². The highest BCUT2D eigenvalue weighted by Gasteiger charge is 2.28. The summed E-state index contributed by atoms with van der Waals surface area (Å²) in [5, 5.41) is 2.96. The molecule has 6 heteroatoms. The Morgan fingerprint density at radius 3 is 2.95 bits per heavy atom. The number of hydrogen-bond acceptors (Lipinski definition) is 3. The van der Waals surface area contributed by atoms with E-state index in [9.17, 15) is 4.79 Å². The average Bonchev–Trinajstić information content (AvgIpc) is 2.38. The Hall–Kier alpha value is -0.370. The van der Waals surface area contributed by atoms with E-state index in [-0.39, 0.29) is 18.3 Å². The molecule has 0 radical (unpaired) electrons. The van der Waals surface area contributed by atoms with E-state index < -0.39 is 0 Å². The van der Waals surface area contributed by atoms with E-state index >= 15 is 0 Å². The molecule has 2 unspecified atom stereocenters. The number of nitrogens with one attached hydrogen (secondary N) is 1. The number of hydrogen-bond donors (Lipinski definition) is 2. The molecule has 4 nitrogen and oxygen atoms in total. The molecule has 21 heavy (non-hydrogen) atoms. The molecule has 0 aliphatic carbocycles. The number of nitrogens with two attached hydrogens (primary N) is 1. The highest BCUT2D eigenvalue weighted by atomic mass is 127. The molecule has 1 aliphatic rings. The van der Waals surface area contributed by atoms with Crippen molar-refractivity contribution in [3.8, 4) is 0 Å². The van der Waals surface area contributed by atoms with Gasteiger partial charge in [0.1, 0.15) is 0 Å². The van der Waals surface area contributed by atoms with Gasteiger partial charge in [0.15, 0.2) is 0 Å². The molecular weight excluding hydrogens is 401 g/mol. The van der Waals surface area contributed by atoms with Crippen LogP contribution in [-0.2, 0) is 4.79 Å². The van der Waals surface area contributed by atoms with Gasteiger partial charge in [0.05, 0.1) is 6.54 Å². The molecular formula is C15H23ClIN3O. The number of amides is 1. The zero-order valence-electron chi connectivity index (χ0n) is 12.2. The molecule has 0 aromatic heterocycles. The van der Waals surface area contributed by atoms with Crippen LogP contribution < -0.4 is 11.1 Å². The predicted molar refractivity (Wildman–Crippen MR) is 97.9 cm³/mol. The summed E-state index contributed by atoms with van der Waals surface area (Å²) in [6, 6.07) is 8.16. The van der Waals surface area contributed by atoms with Crippen LogP contribution in [0.15, 0.2) is 24.3 Å². The zero-order valence-corrected chi connectivity index (χ0v) is 15.2. The monoisotopic (exact) mass is 423 g/mol. The number of benzene rings is 1. The summed E-state index contributed by atoms with van der Waals surface area (Å²) in [7, 11) is 0. The molecule has 1 aliphatic heterocycles. The summed E-state index contributed by atoms with van der Waals surface area (Å²) < 4.78 is 1.12. The summed E-state index contributed by atoms with van der Waals surface area (Å²) >= 11 is 2.24. The average molecular weight is 424 g/mol. The summed E-state index contributed by atoms with van der Waals surface area (Å²) in [5.41, 5.74) is 6.72. The van der Waals surface area contributed by atoms with Crippen molar-refractivity contribution < 1.29 is 4.79 Å². The molecule has 0 saturated carbocycles. The largest absolute Gasteiger partial charge is 0.329 e. The quantitative estimate of drug-likeness (QED) is 0.732. The van der Waals surface area contributed by atoms with Crippen molar-refractivity contribution >= 4 is 46.6 Å². The minimum absolute atomic E-state index is 0. The second-order valence-corrected chi connectivity index (χ2v) is 6.70. The van der Waals surface area contributed by atoms with Crippen LogP contribution >= 0.6 is 35.0 Å². The second-order valence-electron chi connectivity index (χ2n) is 5.45. The Balaban J connectivity index is 0.00000220. The first kappa shape index (κ1) is 18.7. The molecule has 2 rings (SSSR count). The van der Waals surface area contributed by atoms with Gasteiger partial charge in [-0.3, -0.25) is 9.69 Å². The maximum atomic E-state index is 12.2. The van der Waals surface area contributed by atoms with Gasteiger partial charge in [0, 0.05) is 21.8 Å². The van der Waals surface area contributed by atoms with Crippen LogP contribution in [0.5, 0.6) is 0 Å². The van der Waals surface area contributed by atoms with Gasteiger partial charge in [-0.15, -0.1) is 12.4 Å². The lowest BCUT2D eigenvalue weighted by molar-refractivity contribution is -0.118. The van der Waals surface area contributed by atoms with Crippen molar-refractivity contribution in [1.82, 2.24) is 4.90 Å². The lowest BCUT2D eigenvalue weighted by atomic mass is 9.91. The summed E-state index contributed by atoms with van der Waals surface area (Å²) in [6.45, 7) is 4.24. The first-order valence-electron chi connectivity index (χ1n) is 7.09. The van der Waals surface area contributed by atoms with Gasteiger partial charge in [0.2, 0.25) is 5.91 Å². The molecule has 118 valence electrons. The number of carbonyl (C=O) groups excluding carboxylic acids is 1. The van der Waals surface area contributed by atoms with E-state index in [1.54, 1.807) is 0 Å². The molecule has 2 atom stereocenters. The maximum Gasteiger partial charge on any atom is 0.238 e. The second kappa shape index (κ2) is 8.92. The van der Waals surface area contributed by atoms with Crippen molar-refractivity contribution in [2.24, 2.45) is 11.7 Å². The van der Waals surface area contributed by atoms with Gasteiger partial charge in [0.25, 0.3) is 0 Å². The number of anilines is 1. The van der Waals surface area contributed by atoms with Crippen molar-refractivity contribution in [2.75, 3.05) is 25.0 Å². The van der Waals surface area contributed by atoms with Gasteiger partial charge in [-0.05, 0) is 66.1 Å². The van der Waals surface area contributed by atoms with Crippen LogP contribution in [0.3, 0.4) is 0 Å². The summed E-state index contributed by atoms with van der Waals surface area (Å²) in [4.78, 5) is 14.4. The predicted octanol–water partition coefficient (Wildman–Crippen LogP) is 2.71. The Morgan fingerprint density at radius 2 is 2.29 bits per heavy atom. The van der Waals surface area contributed by atoms with E-state index in [1.165, 1.54) is 6.42 Å². The van der Waals surface area contributed by atoms with Gasteiger partial charge in [-0.2, -0.15) is 0 Å². The molecule has 1 saturated heterocycles. The molecule has 1 heterocycles. The molecule has 1 aromatic carbocycles. The maximum absolute atomic E-state index is 12.2. The fraction of sp³-hybridized carbons (Fsp3) is 0.533. The Kier molecular flexibility index (Phi) is 7.94. The van der Waals surface area contributed by atoms with E-state index in [1.807, 2.05) is 24.3 Å². The Bertz CT molecular complexity index is 472. The van der Waals surface area contributed by atoms with Crippen molar-refractivity contribution in [2.45, 2.75) is 25.8 Å². The first-order chi connectivity index (χ1) is 9.60. The number of rotatable bonds is 4. The lowest BCUT2D eigenvalue weighted by Gasteiger charge is -2.38. The minimum atomic E-state index is 0. The SMILES string of the molecule is CC1CCCN(CC(=O)Nc2cccc(I)c2)C1CN.Cl. The van der Waals surface area contributed by atoms with Crippen molar-refractivity contribution in [1.29, 1.82) is 0 Å². The molecule has 1 fully saturated rings. The Labute approximate surface area is 146 Å². The number of nitrogens with zero attached hydrogens (tertiary/aromatic N) is 1. The highest BCUT2D eigenvalue weighted by Crippen LogP contribution is 2.22. The summed E-state index contributed by atoms with van der Waals surface area (Å²) in [6.07, 6.45) is 2.35. The number of carbonyl (C=O) groups is 1. The standard InChI is InChI=1S/C15H22IN3O.ClH/c1-11-4-3-7-19(14(11)9-17)10-15(20)18-13-6-2-5-12(16)8-13;/h2,5-6,8,11,14H,3-4,7,9-10,17H2,1H3,(H,18,20);1H. The molecule has 1 aromatic rings. The first-order valence-corrected chi connectivity index (χ1v) is 8.17. The van der Waals surface area contributed by atoms with E-state index in [0.717, 1.165) is 22.2 Å².